The molecule has 3 N–H and O–H groups in total. The van der Waals surface area contributed by atoms with Crippen LogP contribution in [-0.4, -0.2) is 37.6 Å². The van der Waals surface area contributed by atoms with Crippen molar-refractivity contribution in [2.45, 2.75) is 19.1 Å². The molecule has 104 valence electrons. The van der Waals surface area contributed by atoms with Gasteiger partial charge in [-0.15, -0.1) is 0 Å². The van der Waals surface area contributed by atoms with Crippen molar-refractivity contribution < 1.29 is 14.2 Å². The number of nitrogens with one attached hydrogen (secondary N) is 1. The highest BCUT2D eigenvalue weighted by molar-refractivity contribution is 5.95. The Morgan fingerprint density at radius 1 is 1.21 bits per heavy atom. The number of nitrogen functional groups attached to an aromatic ring is 1. The number of fused-ring (bicyclic) bond motifs is 1. The Bertz CT molecular complexity index is 568. The van der Waals surface area contributed by atoms with E-state index in [-0.39, 0.29) is 12.2 Å². The summed E-state index contributed by atoms with van der Waals surface area (Å²) in [7, 11) is 4.89. The minimum absolute atomic E-state index is 0.107. The van der Waals surface area contributed by atoms with E-state index in [0.29, 0.717) is 11.6 Å². The molecule has 0 radical (unpaired) electrons. The zero-order chi connectivity index (χ0) is 14.0. The molecule has 2 unspecified atom stereocenters. The Labute approximate surface area is 111 Å². The van der Waals surface area contributed by atoms with Gasteiger partial charge in [0.25, 0.3) is 0 Å². The van der Waals surface area contributed by atoms with Gasteiger partial charge >= 0.3 is 0 Å². The van der Waals surface area contributed by atoms with Crippen LogP contribution in [-0.2, 0) is 9.47 Å². The summed E-state index contributed by atoms with van der Waals surface area (Å²) < 4.78 is 16.4. The zero-order valence-electron chi connectivity index (χ0n) is 11.6. The van der Waals surface area contributed by atoms with Gasteiger partial charge in [0.1, 0.15) is 11.9 Å². The summed E-state index contributed by atoms with van der Waals surface area (Å²) in [5, 5.41) is 7.63. The number of nitrogens with two attached hydrogens (primary N) is 1. The molecule has 0 aliphatic carbocycles. The van der Waals surface area contributed by atoms with Crippen LogP contribution in [0, 0.1) is 0 Å². The van der Waals surface area contributed by atoms with Gasteiger partial charge in [-0.25, -0.2) is 0 Å². The lowest BCUT2D eigenvalue weighted by Gasteiger charge is -2.23. The van der Waals surface area contributed by atoms with Gasteiger partial charge in [0.05, 0.1) is 24.1 Å². The van der Waals surface area contributed by atoms with Gasteiger partial charge < -0.3 is 19.9 Å². The van der Waals surface area contributed by atoms with Crippen molar-refractivity contribution in [1.29, 1.82) is 0 Å². The highest BCUT2D eigenvalue weighted by Crippen LogP contribution is 2.38. The molecule has 1 aromatic heterocycles. The van der Waals surface area contributed by atoms with Gasteiger partial charge in [0.2, 0.25) is 0 Å². The second kappa shape index (κ2) is 5.46. The third-order valence-corrected chi connectivity index (χ3v) is 3.30. The maximum absolute atomic E-state index is 5.88. The Balaban J connectivity index is 2.62. The zero-order valence-corrected chi connectivity index (χ0v) is 11.6. The molecule has 0 fully saturated rings. The molecule has 0 spiro atoms. The molecular weight excluding hydrogens is 246 g/mol. The highest BCUT2D eigenvalue weighted by Gasteiger charge is 2.25. The van der Waals surface area contributed by atoms with Crippen molar-refractivity contribution in [2.24, 2.45) is 0 Å². The van der Waals surface area contributed by atoms with Crippen molar-refractivity contribution in [1.82, 2.24) is 10.2 Å². The molecule has 0 bridgehead atoms. The minimum atomic E-state index is -0.237. The third kappa shape index (κ3) is 2.24. The van der Waals surface area contributed by atoms with Crippen LogP contribution in [0.2, 0.25) is 0 Å². The van der Waals surface area contributed by atoms with E-state index in [4.69, 9.17) is 19.9 Å². The first-order valence-corrected chi connectivity index (χ1v) is 6.00. The highest BCUT2D eigenvalue weighted by atomic mass is 16.5. The van der Waals surface area contributed by atoms with E-state index in [1.165, 1.54) is 0 Å². The predicted octanol–water partition coefficient (Wildman–Crippen LogP) is 1.88. The minimum Gasteiger partial charge on any atom is -0.496 e. The van der Waals surface area contributed by atoms with Crippen LogP contribution in [0.3, 0.4) is 0 Å². The normalized spacial score (nSPS) is 14.5. The van der Waals surface area contributed by atoms with Gasteiger partial charge in [-0.2, -0.15) is 5.10 Å². The fraction of sp³-hybridized carbons (Fsp3) is 0.462. The first-order chi connectivity index (χ1) is 9.13. The number of nitrogens with zero attached hydrogens (tertiary/aromatic N) is 1. The number of H-pyrrole nitrogens is 1. The van der Waals surface area contributed by atoms with Gasteiger partial charge in [-0.3, -0.25) is 5.10 Å². The number of aromatic amines is 1. The number of anilines is 1. The summed E-state index contributed by atoms with van der Waals surface area (Å²) in [6, 6.07) is 3.84. The average Bonchev–Trinajstić information content (AvgIpc) is 2.81. The van der Waals surface area contributed by atoms with E-state index in [2.05, 4.69) is 10.2 Å². The van der Waals surface area contributed by atoms with Crippen LogP contribution in [0.25, 0.3) is 10.9 Å². The monoisotopic (exact) mass is 265 g/mol. The van der Waals surface area contributed by atoms with Crippen LogP contribution in [0.4, 0.5) is 5.82 Å². The van der Waals surface area contributed by atoms with Gasteiger partial charge in [-0.05, 0) is 13.0 Å². The number of hydrogen-bond acceptors (Lipinski definition) is 5. The van der Waals surface area contributed by atoms with Crippen molar-refractivity contribution >= 4 is 16.7 Å². The van der Waals surface area contributed by atoms with E-state index in [0.717, 1.165) is 16.5 Å². The number of benzene rings is 1. The van der Waals surface area contributed by atoms with Crippen molar-refractivity contribution in [2.75, 3.05) is 27.1 Å². The summed E-state index contributed by atoms with van der Waals surface area (Å²) >= 11 is 0. The molecule has 1 aromatic carbocycles. The van der Waals surface area contributed by atoms with Crippen LogP contribution in [0.5, 0.6) is 5.75 Å². The molecule has 0 amide bonds. The molecule has 6 nitrogen and oxygen atoms in total. The maximum Gasteiger partial charge on any atom is 0.156 e. The summed E-state index contributed by atoms with van der Waals surface area (Å²) in [5.74, 6) is 1.08. The molecule has 2 aromatic rings. The molecule has 0 saturated carbocycles. The van der Waals surface area contributed by atoms with Crippen LogP contribution >= 0.6 is 0 Å². The quantitative estimate of drug-likeness (QED) is 0.862. The van der Waals surface area contributed by atoms with E-state index in [1.54, 1.807) is 21.3 Å². The van der Waals surface area contributed by atoms with Crippen molar-refractivity contribution in [3.05, 3.63) is 17.7 Å². The fourth-order valence-corrected chi connectivity index (χ4v) is 2.26. The molecule has 2 atom stereocenters. The number of rotatable bonds is 5. The average molecular weight is 265 g/mol. The van der Waals surface area contributed by atoms with Gasteiger partial charge in [0, 0.05) is 19.8 Å². The van der Waals surface area contributed by atoms with E-state index >= 15 is 0 Å². The number of methoxy groups -OCH3 is 3. The Morgan fingerprint density at radius 2 is 1.95 bits per heavy atom. The van der Waals surface area contributed by atoms with Crippen LogP contribution < -0.4 is 10.5 Å². The molecule has 0 saturated heterocycles. The fourth-order valence-electron chi connectivity index (χ4n) is 2.26. The molecule has 2 rings (SSSR count). The van der Waals surface area contributed by atoms with Gasteiger partial charge in [0.15, 0.2) is 5.82 Å². The second-order valence-corrected chi connectivity index (χ2v) is 4.32. The smallest absolute Gasteiger partial charge is 0.156 e. The summed E-state index contributed by atoms with van der Waals surface area (Å²) in [5.41, 5.74) is 7.60. The maximum atomic E-state index is 5.88. The Kier molecular flexibility index (Phi) is 3.92. The van der Waals surface area contributed by atoms with E-state index in [9.17, 15) is 0 Å². The summed E-state index contributed by atoms with van der Waals surface area (Å²) in [4.78, 5) is 0. The summed E-state index contributed by atoms with van der Waals surface area (Å²) in [6.45, 7) is 1.94. The molecular formula is C13H19N3O3. The van der Waals surface area contributed by atoms with Crippen molar-refractivity contribution in [3.8, 4) is 5.75 Å². The molecule has 19 heavy (non-hydrogen) atoms. The summed E-state index contributed by atoms with van der Waals surface area (Å²) in [6.07, 6.45) is -0.344. The number of aromatic nitrogens is 2. The first kappa shape index (κ1) is 13.6. The number of ether oxygens (including phenoxy) is 3. The van der Waals surface area contributed by atoms with E-state index in [1.807, 2.05) is 19.1 Å². The third-order valence-electron chi connectivity index (χ3n) is 3.30. The Hall–Kier alpha value is -1.79. The first-order valence-electron chi connectivity index (χ1n) is 6.00. The largest absolute Gasteiger partial charge is 0.496 e. The lowest BCUT2D eigenvalue weighted by Crippen LogP contribution is -2.19. The molecule has 1 heterocycles. The lowest BCUT2D eigenvalue weighted by atomic mass is 10.0. The second-order valence-electron chi connectivity index (χ2n) is 4.32. The van der Waals surface area contributed by atoms with Crippen molar-refractivity contribution in [3.63, 3.8) is 0 Å². The molecule has 0 aliphatic rings. The molecule has 0 aliphatic heterocycles. The van der Waals surface area contributed by atoms with Crippen LogP contribution in [0.15, 0.2) is 12.1 Å². The Morgan fingerprint density at radius 3 is 2.53 bits per heavy atom. The van der Waals surface area contributed by atoms with E-state index < -0.39 is 0 Å². The topological polar surface area (TPSA) is 82.4 Å². The number of hydrogen-bond donors (Lipinski definition) is 2. The van der Waals surface area contributed by atoms with Crippen LogP contribution in [0.1, 0.15) is 18.6 Å². The predicted molar refractivity (Wildman–Crippen MR) is 73.3 cm³/mol. The standard InChI is InChI=1S/C13H19N3O3/c1-7(17-2)11(18-3)8-5-6-9-10(12(8)19-4)13(14)16-15-9/h5-7,11H,1-4H3,(H3,14,15,16). The molecule has 6 heteroatoms. The lowest BCUT2D eigenvalue weighted by molar-refractivity contribution is -0.0286. The van der Waals surface area contributed by atoms with Gasteiger partial charge in [-0.1, -0.05) is 6.07 Å². The SMILES string of the molecule is COc1c(C(OC)C(C)OC)ccc2[nH]nc(N)c12.